The third kappa shape index (κ3) is 1.21. The molecule has 1 aliphatic heterocycles. The normalized spacial score (nSPS) is 48.1. The molecule has 1 saturated heterocycles. The smallest absolute Gasteiger partial charge is 0.233 e. The van der Waals surface area contributed by atoms with Gasteiger partial charge in [0.25, 0.3) is 0 Å². The molecule has 2 amide bonds. The zero-order valence-corrected chi connectivity index (χ0v) is 9.74. The van der Waals surface area contributed by atoms with Gasteiger partial charge in [0.05, 0.1) is 24.0 Å². The number of carbonyl (C=O) groups is 2. The van der Waals surface area contributed by atoms with Gasteiger partial charge in [-0.1, -0.05) is 6.92 Å². The summed E-state index contributed by atoms with van der Waals surface area (Å²) in [5, 5.41) is 19.6. The minimum Gasteiger partial charge on any atom is -0.390 e. The van der Waals surface area contributed by atoms with Crippen molar-refractivity contribution in [3.05, 3.63) is 0 Å². The molecule has 94 valence electrons. The summed E-state index contributed by atoms with van der Waals surface area (Å²) in [4.78, 5) is 25.6. The number of carbonyl (C=O) groups excluding carboxylic acids is 2. The molecule has 17 heavy (non-hydrogen) atoms. The van der Waals surface area contributed by atoms with Crippen molar-refractivity contribution in [3.8, 4) is 0 Å². The van der Waals surface area contributed by atoms with E-state index >= 15 is 0 Å². The molecule has 1 heterocycles. The van der Waals surface area contributed by atoms with E-state index in [9.17, 15) is 19.8 Å². The van der Waals surface area contributed by atoms with Crippen LogP contribution in [0.25, 0.3) is 0 Å². The number of likely N-dealkylation sites (tertiary alicyclic amines) is 1. The van der Waals surface area contributed by atoms with Gasteiger partial charge in [-0.2, -0.15) is 0 Å². The summed E-state index contributed by atoms with van der Waals surface area (Å²) in [5.41, 5.74) is 0. The molecule has 0 aromatic rings. The topological polar surface area (TPSA) is 77.8 Å². The van der Waals surface area contributed by atoms with Crippen molar-refractivity contribution < 1.29 is 19.8 Å². The van der Waals surface area contributed by atoms with Gasteiger partial charge in [0.1, 0.15) is 0 Å². The van der Waals surface area contributed by atoms with E-state index in [0.717, 1.165) is 6.42 Å². The fourth-order valence-electron chi connectivity index (χ4n) is 3.94. The summed E-state index contributed by atoms with van der Waals surface area (Å²) in [5.74, 6) is -1.48. The van der Waals surface area contributed by atoms with Crippen LogP contribution in [0, 0.1) is 23.7 Å². The SMILES string of the molecule is CCCN1C(=O)[C@@H]2[C@H]3C[C@H]([C@H](O)[C@H]3O)[C@@H]2C1=O. The van der Waals surface area contributed by atoms with Crippen molar-refractivity contribution in [1.82, 2.24) is 4.90 Å². The van der Waals surface area contributed by atoms with E-state index in [1.807, 2.05) is 6.92 Å². The van der Waals surface area contributed by atoms with E-state index in [4.69, 9.17) is 0 Å². The van der Waals surface area contributed by atoms with E-state index in [1.54, 1.807) is 0 Å². The van der Waals surface area contributed by atoms with Crippen molar-refractivity contribution in [1.29, 1.82) is 0 Å². The second-order valence-electron chi connectivity index (χ2n) is 5.42. The van der Waals surface area contributed by atoms with E-state index in [-0.39, 0.29) is 35.5 Å². The number of hydrogen-bond acceptors (Lipinski definition) is 4. The second-order valence-corrected chi connectivity index (χ2v) is 5.42. The van der Waals surface area contributed by atoms with Crippen LogP contribution in [0.15, 0.2) is 0 Å². The Morgan fingerprint density at radius 3 is 2.00 bits per heavy atom. The van der Waals surface area contributed by atoms with Crippen molar-refractivity contribution >= 4 is 11.8 Å². The van der Waals surface area contributed by atoms with Crippen LogP contribution in [0.5, 0.6) is 0 Å². The molecular weight excluding hydrogens is 222 g/mol. The van der Waals surface area contributed by atoms with Gasteiger partial charge in [-0.25, -0.2) is 0 Å². The third-order valence-electron chi connectivity index (χ3n) is 4.63. The van der Waals surface area contributed by atoms with Gasteiger partial charge in [0, 0.05) is 18.4 Å². The molecular formula is C12H17NO4. The zero-order chi connectivity index (χ0) is 12.3. The highest BCUT2D eigenvalue weighted by Gasteiger charge is 2.66. The van der Waals surface area contributed by atoms with Crippen molar-refractivity contribution in [2.24, 2.45) is 23.7 Å². The van der Waals surface area contributed by atoms with Gasteiger partial charge < -0.3 is 10.2 Å². The van der Waals surface area contributed by atoms with E-state index < -0.39 is 12.2 Å². The lowest BCUT2D eigenvalue weighted by molar-refractivity contribution is -0.140. The molecule has 2 bridgehead atoms. The summed E-state index contributed by atoms with van der Waals surface area (Å²) < 4.78 is 0. The maximum Gasteiger partial charge on any atom is 0.233 e. The largest absolute Gasteiger partial charge is 0.390 e. The van der Waals surface area contributed by atoms with Crippen LogP contribution in [0.4, 0.5) is 0 Å². The number of fused-ring (bicyclic) bond motifs is 5. The highest BCUT2D eigenvalue weighted by molar-refractivity contribution is 6.06. The lowest BCUT2D eigenvalue weighted by atomic mass is 9.78. The van der Waals surface area contributed by atoms with E-state index in [1.165, 1.54) is 4.90 Å². The van der Waals surface area contributed by atoms with Crippen LogP contribution >= 0.6 is 0 Å². The van der Waals surface area contributed by atoms with Crippen molar-refractivity contribution in [2.45, 2.75) is 32.0 Å². The van der Waals surface area contributed by atoms with Crippen LogP contribution in [0.2, 0.25) is 0 Å². The number of amides is 2. The van der Waals surface area contributed by atoms with Crippen LogP contribution in [-0.2, 0) is 9.59 Å². The van der Waals surface area contributed by atoms with Crippen LogP contribution in [-0.4, -0.2) is 45.7 Å². The molecule has 5 heteroatoms. The van der Waals surface area contributed by atoms with Gasteiger partial charge in [-0.05, 0) is 12.8 Å². The molecule has 3 fully saturated rings. The number of aliphatic hydroxyl groups is 2. The molecule has 0 aromatic heterocycles. The van der Waals surface area contributed by atoms with Gasteiger partial charge >= 0.3 is 0 Å². The minimum atomic E-state index is -0.834. The predicted octanol–water partition coefficient (Wildman–Crippen LogP) is -0.631. The molecule has 2 saturated carbocycles. The van der Waals surface area contributed by atoms with E-state index in [2.05, 4.69) is 0 Å². The quantitative estimate of drug-likeness (QED) is 0.629. The maximum absolute atomic E-state index is 12.1. The molecule has 6 atom stereocenters. The molecule has 2 N–H and O–H groups in total. The number of hydrogen-bond donors (Lipinski definition) is 2. The molecule has 0 spiro atoms. The van der Waals surface area contributed by atoms with E-state index in [0.29, 0.717) is 13.0 Å². The van der Waals surface area contributed by atoms with Gasteiger partial charge in [-0.15, -0.1) is 0 Å². The van der Waals surface area contributed by atoms with Crippen LogP contribution in [0.3, 0.4) is 0 Å². The Bertz CT molecular complexity index is 351. The average Bonchev–Trinajstić information content (AvgIpc) is 2.89. The summed E-state index contributed by atoms with van der Waals surface area (Å²) in [7, 11) is 0. The van der Waals surface area contributed by atoms with Gasteiger partial charge in [0.2, 0.25) is 11.8 Å². The summed E-state index contributed by atoms with van der Waals surface area (Å²) in [6.07, 6.45) is -0.314. The highest BCUT2D eigenvalue weighted by atomic mass is 16.3. The lowest BCUT2D eigenvalue weighted by Gasteiger charge is -2.29. The Labute approximate surface area is 99.4 Å². The maximum atomic E-state index is 12.1. The molecule has 2 aliphatic carbocycles. The number of imide groups is 1. The highest BCUT2D eigenvalue weighted by Crippen LogP contribution is 2.56. The molecule has 3 rings (SSSR count). The summed E-state index contributed by atoms with van der Waals surface area (Å²) >= 11 is 0. The summed E-state index contributed by atoms with van der Waals surface area (Å²) in [6.45, 7) is 2.38. The van der Waals surface area contributed by atoms with Crippen molar-refractivity contribution in [3.63, 3.8) is 0 Å². The monoisotopic (exact) mass is 239 g/mol. The molecule has 0 radical (unpaired) electrons. The Balaban J connectivity index is 1.92. The summed E-state index contributed by atoms with van der Waals surface area (Å²) in [6, 6.07) is 0. The zero-order valence-electron chi connectivity index (χ0n) is 9.74. The molecule has 5 nitrogen and oxygen atoms in total. The standard InChI is InChI=1S/C12H17NO4/c1-2-3-13-11(16)7-5-4-6(8(7)12(13)17)10(15)9(5)14/h5-10,14-15H,2-4H2,1H3/t5-,6+,7-,8+,9-,10-/m0/s1. The Morgan fingerprint density at radius 2 is 1.59 bits per heavy atom. The Hall–Kier alpha value is -0.940. The Kier molecular flexibility index (Phi) is 2.32. The first-order chi connectivity index (χ1) is 8.07. The van der Waals surface area contributed by atoms with Crippen molar-refractivity contribution in [2.75, 3.05) is 6.54 Å². The first-order valence-electron chi connectivity index (χ1n) is 6.29. The number of rotatable bonds is 2. The minimum absolute atomic E-state index is 0.139. The lowest BCUT2D eigenvalue weighted by Crippen LogP contribution is -2.43. The molecule has 0 aromatic carbocycles. The van der Waals surface area contributed by atoms with Gasteiger partial charge in [0.15, 0.2) is 0 Å². The van der Waals surface area contributed by atoms with Crippen LogP contribution < -0.4 is 0 Å². The number of nitrogens with zero attached hydrogens (tertiary/aromatic N) is 1. The fraction of sp³-hybridized carbons (Fsp3) is 0.833. The third-order valence-corrected chi connectivity index (χ3v) is 4.63. The van der Waals surface area contributed by atoms with Crippen LogP contribution in [0.1, 0.15) is 19.8 Å². The van der Waals surface area contributed by atoms with Gasteiger partial charge in [-0.3, -0.25) is 14.5 Å². The molecule has 0 unspecified atom stereocenters. The average molecular weight is 239 g/mol. The Morgan fingerprint density at radius 1 is 1.12 bits per heavy atom. The second kappa shape index (κ2) is 3.53. The predicted molar refractivity (Wildman–Crippen MR) is 57.6 cm³/mol. The first-order valence-corrected chi connectivity index (χ1v) is 6.29. The first kappa shape index (κ1) is 11.2. The number of aliphatic hydroxyl groups excluding tert-OH is 2. The fourth-order valence-corrected chi connectivity index (χ4v) is 3.94. The molecule has 3 aliphatic rings.